The zero-order chi connectivity index (χ0) is 17.8. The normalized spacial score (nSPS) is 17.6. The molecular weight excluding hydrogens is 318 g/mol. The quantitative estimate of drug-likeness (QED) is 0.797. The Labute approximate surface area is 145 Å². The van der Waals surface area contributed by atoms with Crippen molar-refractivity contribution in [2.75, 3.05) is 5.32 Å². The van der Waals surface area contributed by atoms with E-state index in [0.29, 0.717) is 11.3 Å². The largest absolute Gasteiger partial charge is 0.350 e. The predicted molar refractivity (Wildman–Crippen MR) is 93.9 cm³/mol. The molecule has 1 aliphatic rings. The van der Waals surface area contributed by atoms with Crippen molar-refractivity contribution in [3.63, 3.8) is 0 Å². The molecule has 0 aromatic heterocycles. The van der Waals surface area contributed by atoms with Gasteiger partial charge in [0.15, 0.2) is 0 Å². The highest BCUT2D eigenvalue weighted by atomic mass is 16.2. The van der Waals surface area contributed by atoms with E-state index in [2.05, 4.69) is 16.0 Å². The lowest BCUT2D eigenvalue weighted by molar-refractivity contribution is -0.126. The lowest BCUT2D eigenvalue weighted by Gasteiger charge is -2.18. The summed E-state index contributed by atoms with van der Waals surface area (Å²) in [5.41, 5.74) is 1.81. The fraction of sp³-hybridized carbons (Fsp3) is 0.211. The molecule has 0 unspecified atom stereocenters. The van der Waals surface area contributed by atoms with Crippen molar-refractivity contribution < 1.29 is 14.4 Å². The molecule has 3 rings (SSSR count). The number of carbonyl (C=O) groups is 3. The van der Waals surface area contributed by atoms with E-state index in [4.69, 9.17) is 0 Å². The minimum atomic E-state index is -0.914. The minimum absolute atomic E-state index is 0.122. The second kappa shape index (κ2) is 7.17. The first-order valence-corrected chi connectivity index (χ1v) is 8.09. The highest BCUT2D eigenvalue weighted by Gasteiger charge is 2.29. The van der Waals surface area contributed by atoms with Crippen molar-refractivity contribution in [3.8, 4) is 0 Å². The van der Waals surface area contributed by atoms with E-state index in [0.717, 1.165) is 5.56 Å². The van der Waals surface area contributed by atoms with Crippen LogP contribution in [0.15, 0.2) is 54.6 Å². The molecule has 0 radical (unpaired) electrons. The lowest BCUT2D eigenvalue weighted by Crippen LogP contribution is -2.44. The lowest BCUT2D eigenvalue weighted by atomic mass is 10.1. The van der Waals surface area contributed by atoms with Crippen LogP contribution in [0.25, 0.3) is 0 Å². The minimum Gasteiger partial charge on any atom is -0.350 e. The van der Waals surface area contributed by atoms with Gasteiger partial charge >= 0.3 is 0 Å². The number of rotatable bonds is 4. The van der Waals surface area contributed by atoms with Gasteiger partial charge in [-0.2, -0.15) is 0 Å². The summed E-state index contributed by atoms with van der Waals surface area (Å²) in [6, 6.07) is 15.2. The van der Waals surface area contributed by atoms with Gasteiger partial charge in [-0.15, -0.1) is 0 Å². The van der Waals surface area contributed by atoms with Gasteiger partial charge in [0.25, 0.3) is 5.91 Å². The monoisotopic (exact) mass is 337 g/mol. The molecule has 0 bridgehead atoms. The topological polar surface area (TPSA) is 87.3 Å². The van der Waals surface area contributed by atoms with Crippen LogP contribution in [0.2, 0.25) is 0 Å². The SMILES string of the molecule is C[C@H](NC(=O)C[C@H]1NC(=O)c2ccccc2NC1=O)c1ccccc1. The molecule has 6 heteroatoms. The third kappa shape index (κ3) is 3.85. The van der Waals surface area contributed by atoms with Crippen LogP contribution in [0, 0.1) is 0 Å². The van der Waals surface area contributed by atoms with Crippen molar-refractivity contribution in [3.05, 3.63) is 65.7 Å². The summed E-state index contributed by atoms with van der Waals surface area (Å²) < 4.78 is 0. The van der Waals surface area contributed by atoms with E-state index in [9.17, 15) is 14.4 Å². The maximum Gasteiger partial charge on any atom is 0.254 e. The first-order chi connectivity index (χ1) is 12.0. The van der Waals surface area contributed by atoms with E-state index in [1.165, 1.54) is 0 Å². The van der Waals surface area contributed by atoms with Crippen molar-refractivity contribution in [2.45, 2.75) is 25.4 Å². The maximum absolute atomic E-state index is 12.3. The summed E-state index contributed by atoms with van der Waals surface area (Å²) in [6.45, 7) is 1.87. The van der Waals surface area contributed by atoms with Crippen LogP contribution in [0.3, 0.4) is 0 Å². The molecule has 1 aliphatic heterocycles. The van der Waals surface area contributed by atoms with Crippen molar-refractivity contribution in [2.24, 2.45) is 0 Å². The van der Waals surface area contributed by atoms with Gasteiger partial charge in [0.1, 0.15) is 6.04 Å². The van der Waals surface area contributed by atoms with Crippen LogP contribution in [0.1, 0.15) is 35.3 Å². The third-order valence-electron chi connectivity index (χ3n) is 4.12. The maximum atomic E-state index is 12.3. The average molecular weight is 337 g/mol. The first-order valence-electron chi connectivity index (χ1n) is 8.09. The fourth-order valence-electron chi connectivity index (χ4n) is 2.77. The Morgan fingerprint density at radius 2 is 1.76 bits per heavy atom. The Morgan fingerprint density at radius 3 is 2.52 bits per heavy atom. The summed E-state index contributed by atoms with van der Waals surface area (Å²) >= 11 is 0. The average Bonchev–Trinajstić information content (AvgIpc) is 2.72. The molecule has 0 saturated heterocycles. The fourth-order valence-corrected chi connectivity index (χ4v) is 2.77. The zero-order valence-corrected chi connectivity index (χ0v) is 13.8. The second-order valence-corrected chi connectivity index (χ2v) is 5.96. The number of hydrogen-bond donors (Lipinski definition) is 3. The summed E-state index contributed by atoms with van der Waals surface area (Å²) in [4.78, 5) is 36.8. The van der Waals surface area contributed by atoms with Crippen molar-refractivity contribution >= 4 is 23.4 Å². The predicted octanol–water partition coefficient (Wildman–Crippen LogP) is 2.00. The molecule has 2 aromatic rings. The van der Waals surface area contributed by atoms with Crippen LogP contribution < -0.4 is 16.0 Å². The van der Waals surface area contributed by atoms with Crippen molar-refractivity contribution in [1.29, 1.82) is 0 Å². The molecule has 0 saturated carbocycles. The van der Waals surface area contributed by atoms with Gasteiger partial charge in [0.05, 0.1) is 23.7 Å². The van der Waals surface area contributed by atoms with E-state index in [-0.39, 0.29) is 24.3 Å². The number of benzene rings is 2. The van der Waals surface area contributed by atoms with E-state index in [1.54, 1.807) is 24.3 Å². The molecule has 2 atom stereocenters. The standard InChI is InChI=1S/C19H19N3O3/c1-12(13-7-3-2-4-8-13)20-17(23)11-16-19(25)21-15-10-6-5-9-14(15)18(24)22-16/h2-10,12,16H,11H2,1H3,(H,20,23)(H,21,25)(H,22,24)/t12-,16+/m0/s1. The molecule has 25 heavy (non-hydrogen) atoms. The molecule has 2 aromatic carbocycles. The van der Waals surface area contributed by atoms with Crippen LogP contribution in [-0.4, -0.2) is 23.8 Å². The number of amides is 3. The summed E-state index contributed by atoms with van der Waals surface area (Å²) in [5.74, 6) is -1.08. The second-order valence-electron chi connectivity index (χ2n) is 5.96. The van der Waals surface area contributed by atoms with E-state index in [1.807, 2.05) is 37.3 Å². The van der Waals surface area contributed by atoms with Gasteiger partial charge in [-0.1, -0.05) is 42.5 Å². The molecule has 6 nitrogen and oxygen atoms in total. The van der Waals surface area contributed by atoms with E-state index >= 15 is 0 Å². The van der Waals surface area contributed by atoms with Crippen molar-refractivity contribution in [1.82, 2.24) is 10.6 Å². The Balaban J connectivity index is 1.66. The van der Waals surface area contributed by atoms with Crippen LogP contribution in [-0.2, 0) is 9.59 Å². The molecular formula is C19H19N3O3. The molecule has 128 valence electrons. The summed E-state index contributed by atoms with van der Waals surface area (Å²) in [6.07, 6.45) is -0.122. The third-order valence-corrected chi connectivity index (χ3v) is 4.12. The molecule has 0 aliphatic carbocycles. The molecule has 0 spiro atoms. The number of carbonyl (C=O) groups excluding carboxylic acids is 3. The Bertz CT molecular complexity index is 805. The summed E-state index contributed by atoms with van der Waals surface area (Å²) in [5, 5.41) is 8.16. The molecule has 3 amide bonds. The molecule has 3 N–H and O–H groups in total. The number of fused-ring (bicyclic) bond motifs is 1. The number of nitrogens with one attached hydrogen (secondary N) is 3. The highest BCUT2D eigenvalue weighted by molar-refractivity contribution is 6.10. The van der Waals surface area contributed by atoms with Gasteiger partial charge in [0.2, 0.25) is 11.8 Å². The van der Waals surface area contributed by atoms with Gasteiger partial charge in [0, 0.05) is 0 Å². The van der Waals surface area contributed by atoms with Gasteiger partial charge < -0.3 is 16.0 Å². The zero-order valence-electron chi connectivity index (χ0n) is 13.8. The number of hydrogen-bond acceptors (Lipinski definition) is 3. The molecule has 0 fully saturated rings. The smallest absolute Gasteiger partial charge is 0.254 e. The van der Waals surface area contributed by atoms with Crippen LogP contribution in [0.4, 0.5) is 5.69 Å². The van der Waals surface area contributed by atoms with Crippen LogP contribution >= 0.6 is 0 Å². The van der Waals surface area contributed by atoms with Gasteiger partial charge in [-0.25, -0.2) is 0 Å². The highest BCUT2D eigenvalue weighted by Crippen LogP contribution is 2.19. The summed E-state index contributed by atoms with van der Waals surface area (Å²) in [7, 11) is 0. The Kier molecular flexibility index (Phi) is 4.79. The van der Waals surface area contributed by atoms with E-state index < -0.39 is 11.9 Å². The Morgan fingerprint density at radius 1 is 1.08 bits per heavy atom. The van der Waals surface area contributed by atoms with Crippen LogP contribution in [0.5, 0.6) is 0 Å². The first kappa shape index (κ1) is 16.7. The molecule has 1 heterocycles. The van der Waals surface area contributed by atoms with Gasteiger partial charge in [-0.3, -0.25) is 14.4 Å². The number of para-hydroxylation sites is 1. The number of anilines is 1. The Hall–Kier alpha value is -3.15. The van der Waals surface area contributed by atoms with Gasteiger partial charge in [-0.05, 0) is 24.6 Å².